The van der Waals surface area contributed by atoms with E-state index in [1.165, 1.54) is 49.0 Å². The van der Waals surface area contributed by atoms with Gasteiger partial charge in [-0.3, -0.25) is 4.99 Å². The predicted molar refractivity (Wildman–Crippen MR) is 108 cm³/mol. The molecule has 1 N–H and O–H groups in total. The van der Waals surface area contributed by atoms with Crippen LogP contribution >= 0.6 is 11.8 Å². The summed E-state index contributed by atoms with van der Waals surface area (Å²) in [5.74, 6) is 2.07. The maximum Gasteiger partial charge on any atom is 0.157 e. The van der Waals surface area contributed by atoms with Crippen molar-refractivity contribution in [3.05, 3.63) is 71.8 Å². The van der Waals surface area contributed by atoms with Crippen LogP contribution in [0.2, 0.25) is 0 Å². The molecule has 0 bridgehead atoms. The molecule has 3 heteroatoms. The number of amidine groups is 1. The molecule has 0 spiro atoms. The van der Waals surface area contributed by atoms with E-state index in [0.29, 0.717) is 0 Å². The topological polar surface area (TPSA) is 24.4 Å². The van der Waals surface area contributed by atoms with Gasteiger partial charge in [-0.1, -0.05) is 91.7 Å². The van der Waals surface area contributed by atoms with E-state index in [9.17, 15) is 0 Å². The molecule has 2 atom stereocenters. The van der Waals surface area contributed by atoms with Gasteiger partial charge in [0.1, 0.15) is 6.04 Å². The summed E-state index contributed by atoms with van der Waals surface area (Å²) in [6, 6.07) is 21.8. The molecule has 0 radical (unpaired) electrons. The molecule has 2 unspecified atom stereocenters. The Morgan fingerprint density at radius 1 is 0.840 bits per heavy atom. The van der Waals surface area contributed by atoms with Crippen LogP contribution in [-0.4, -0.2) is 10.9 Å². The van der Waals surface area contributed by atoms with Crippen molar-refractivity contribution in [1.82, 2.24) is 5.32 Å². The maximum absolute atomic E-state index is 5.07. The van der Waals surface area contributed by atoms with Gasteiger partial charge >= 0.3 is 0 Å². The molecule has 130 valence electrons. The summed E-state index contributed by atoms with van der Waals surface area (Å²) in [7, 11) is 0. The highest BCUT2D eigenvalue weighted by Crippen LogP contribution is 2.38. The van der Waals surface area contributed by atoms with Crippen molar-refractivity contribution in [1.29, 1.82) is 0 Å². The molecule has 1 aliphatic heterocycles. The van der Waals surface area contributed by atoms with Crippen molar-refractivity contribution in [3.8, 4) is 0 Å². The monoisotopic (exact) mass is 350 g/mol. The number of aliphatic imine (C=N–C) groups is 1. The van der Waals surface area contributed by atoms with Gasteiger partial charge in [-0.25, -0.2) is 0 Å². The minimum absolute atomic E-state index is 0.164. The molecule has 1 fully saturated rings. The van der Waals surface area contributed by atoms with Crippen molar-refractivity contribution >= 4 is 16.9 Å². The Balaban J connectivity index is 1.50. The molecule has 4 rings (SSSR count). The van der Waals surface area contributed by atoms with E-state index >= 15 is 0 Å². The SMILES string of the molecule is c1ccc(C2N=C(SCC3CCCCC3)NC2c2ccccc2)cc1. The van der Waals surface area contributed by atoms with Gasteiger partial charge in [-0.2, -0.15) is 0 Å². The highest BCUT2D eigenvalue weighted by atomic mass is 32.2. The van der Waals surface area contributed by atoms with Gasteiger partial charge in [0, 0.05) is 5.75 Å². The third-order valence-corrected chi connectivity index (χ3v) is 6.47. The fourth-order valence-corrected chi connectivity index (χ4v) is 5.05. The van der Waals surface area contributed by atoms with E-state index in [4.69, 9.17) is 4.99 Å². The standard InChI is InChI=1S/C22H26N2S/c1-4-10-17(11-5-1)16-25-22-23-20(18-12-6-2-7-13-18)21(24-22)19-14-8-3-9-15-19/h2-3,6-9,12-15,17,20-21H,1,4-5,10-11,16H2,(H,23,24). The van der Waals surface area contributed by atoms with E-state index in [1.54, 1.807) is 0 Å². The third kappa shape index (κ3) is 4.09. The number of hydrogen-bond donors (Lipinski definition) is 1. The Kier molecular flexibility index (Phi) is 5.41. The summed E-state index contributed by atoms with van der Waals surface area (Å²) in [5.41, 5.74) is 2.60. The van der Waals surface area contributed by atoms with Crippen LogP contribution in [0.3, 0.4) is 0 Å². The molecule has 25 heavy (non-hydrogen) atoms. The normalized spacial score (nSPS) is 23.9. The van der Waals surface area contributed by atoms with E-state index in [0.717, 1.165) is 11.1 Å². The average Bonchev–Trinajstić information content (AvgIpc) is 3.13. The lowest BCUT2D eigenvalue weighted by Gasteiger charge is -2.21. The van der Waals surface area contributed by atoms with E-state index in [2.05, 4.69) is 66.0 Å². The highest BCUT2D eigenvalue weighted by molar-refractivity contribution is 8.13. The Morgan fingerprint density at radius 2 is 1.48 bits per heavy atom. The number of nitrogens with one attached hydrogen (secondary N) is 1. The molecule has 2 aliphatic rings. The van der Waals surface area contributed by atoms with Gasteiger partial charge < -0.3 is 5.32 Å². The molecule has 2 aromatic rings. The summed E-state index contributed by atoms with van der Waals surface area (Å²) in [6.45, 7) is 0. The van der Waals surface area contributed by atoms with E-state index in [1.807, 2.05) is 11.8 Å². The highest BCUT2D eigenvalue weighted by Gasteiger charge is 2.31. The van der Waals surface area contributed by atoms with Crippen LogP contribution < -0.4 is 5.32 Å². The average molecular weight is 351 g/mol. The lowest BCUT2D eigenvalue weighted by molar-refractivity contribution is 0.391. The summed E-state index contributed by atoms with van der Waals surface area (Å²) in [4.78, 5) is 5.07. The van der Waals surface area contributed by atoms with Crippen LogP contribution in [0.25, 0.3) is 0 Å². The van der Waals surface area contributed by atoms with Gasteiger partial charge in [-0.05, 0) is 29.9 Å². The van der Waals surface area contributed by atoms with E-state index < -0.39 is 0 Å². The third-order valence-electron chi connectivity index (χ3n) is 5.33. The van der Waals surface area contributed by atoms with Crippen LogP contribution in [0.4, 0.5) is 0 Å². The second-order valence-electron chi connectivity index (χ2n) is 7.14. The zero-order valence-corrected chi connectivity index (χ0v) is 15.4. The van der Waals surface area contributed by atoms with Gasteiger partial charge in [0.05, 0.1) is 6.04 Å². The first-order valence-electron chi connectivity index (χ1n) is 9.47. The van der Waals surface area contributed by atoms with Crippen LogP contribution in [0, 0.1) is 5.92 Å². The molecule has 2 aromatic carbocycles. The lowest BCUT2D eigenvalue weighted by atomic mass is 9.91. The maximum atomic E-state index is 5.07. The molecule has 1 aliphatic carbocycles. The summed E-state index contributed by atoms with van der Waals surface area (Å²) < 4.78 is 0. The van der Waals surface area contributed by atoms with E-state index in [-0.39, 0.29) is 12.1 Å². The minimum atomic E-state index is 0.164. The number of hydrogen-bond acceptors (Lipinski definition) is 3. The lowest BCUT2D eigenvalue weighted by Crippen LogP contribution is -2.23. The number of thioether (sulfide) groups is 1. The zero-order valence-electron chi connectivity index (χ0n) is 14.6. The minimum Gasteiger partial charge on any atom is -0.356 e. The van der Waals surface area contributed by atoms with Crippen molar-refractivity contribution in [3.63, 3.8) is 0 Å². The Hall–Kier alpha value is -1.74. The van der Waals surface area contributed by atoms with Gasteiger partial charge in [0.15, 0.2) is 5.17 Å². The first-order valence-corrected chi connectivity index (χ1v) is 10.5. The van der Waals surface area contributed by atoms with Crippen LogP contribution in [-0.2, 0) is 0 Å². The summed E-state index contributed by atoms with van der Waals surface area (Å²) in [5, 5.41) is 4.83. The van der Waals surface area contributed by atoms with Gasteiger partial charge in [-0.15, -0.1) is 0 Å². The summed E-state index contributed by atoms with van der Waals surface area (Å²) >= 11 is 1.93. The van der Waals surface area contributed by atoms with Crippen LogP contribution in [0.1, 0.15) is 55.3 Å². The number of rotatable bonds is 4. The molecule has 0 saturated heterocycles. The largest absolute Gasteiger partial charge is 0.356 e. The van der Waals surface area contributed by atoms with Crippen molar-refractivity contribution < 1.29 is 0 Å². The fourth-order valence-electron chi connectivity index (χ4n) is 3.92. The fraction of sp³-hybridized carbons (Fsp3) is 0.409. The van der Waals surface area contributed by atoms with Gasteiger partial charge in [0.2, 0.25) is 0 Å². The Morgan fingerprint density at radius 3 is 2.16 bits per heavy atom. The zero-order chi connectivity index (χ0) is 16.9. The predicted octanol–water partition coefficient (Wildman–Crippen LogP) is 5.74. The molecule has 0 aromatic heterocycles. The Labute approximate surface area is 155 Å². The molecular weight excluding hydrogens is 324 g/mol. The van der Waals surface area contributed by atoms with Crippen molar-refractivity contribution in [2.75, 3.05) is 5.75 Å². The molecule has 1 heterocycles. The second kappa shape index (κ2) is 8.09. The first kappa shape index (κ1) is 16.7. The van der Waals surface area contributed by atoms with Crippen LogP contribution in [0.5, 0.6) is 0 Å². The quantitative estimate of drug-likeness (QED) is 0.760. The molecule has 2 nitrogen and oxygen atoms in total. The van der Waals surface area contributed by atoms with Crippen molar-refractivity contribution in [2.24, 2.45) is 10.9 Å². The van der Waals surface area contributed by atoms with Crippen molar-refractivity contribution in [2.45, 2.75) is 44.2 Å². The molecular formula is C22H26N2S. The second-order valence-corrected chi connectivity index (χ2v) is 8.15. The summed E-state index contributed by atoms with van der Waals surface area (Å²) in [6.07, 6.45) is 7.02. The Bertz CT molecular complexity index is 692. The number of nitrogens with zero attached hydrogens (tertiary/aromatic N) is 1. The molecule has 1 saturated carbocycles. The first-order chi connectivity index (χ1) is 12.4. The molecule has 0 amide bonds. The van der Waals surface area contributed by atoms with Crippen LogP contribution in [0.15, 0.2) is 65.7 Å². The smallest absolute Gasteiger partial charge is 0.157 e. The van der Waals surface area contributed by atoms with Gasteiger partial charge in [0.25, 0.3) is 0 Å². The number of benzene rings is 2.